The molecular weight excluding hydrogens is 186 g/mol. The van der Waals surface area contributed by atoms with Gasteiger partial charge in [-0.3, -0.25) is 9.00 Å². The molecule has 0 heterocycles. The van der Waals surface area contributed by atoms with Gasteiger partial charge in [0.25, 0.3) is 0 Å². The summed E-state index contributed by atoms with van der Waals surface area (Å²) < 4.78 is 11.5. The van der Waals surface area contributed by atoms with Gasteiger partial charge >= 0.3 is 0 Å². The first-order valence-electron chi connectivity index (χ1n) is 4.73. The summed E-state index contributed by atoms with van der Waals surface area (Å²) in [5.41, 5.74) is 5.34. The van der Waals surface area contributed by atoms with E-state index in [1.807, 2.05) is 0 Å². The zero-order valence-electron chi connectivity index (χ0n) is 7.73. The van der Waals surface area contributed by atoms with Gasteiger partial charge in [-0.1, -0.05) is 0 Å². The van der Waals surface area contributed by atoms with E-state index >= 15 is 0 Å². The van der Waals surface area contributed by atoms with Gasteiger partial charge in [0.1, 0.15) is 0 Å². The summed E-state index contributed by atoms with van der Waals surface area (Å²) in [5, 5.41) is 0.0521. The molecule has 0 radical (unpaired) electrons. The third kappa shape index (κ3) is 1.31. The number of fused-ring (bicyclic) bond motifs is 2. The second kappa shape index (κ2) is 3.08. The average Bonchev–Trinajstić information content (AvgIpc) is 2.60. The van der Waals surface area contributed by atoms with Crippen LogP contribution in [0.4, 0.5) is 0 Å². The Kier molecular flexibility index (Phi) is 2.18. The van der Waals surface area contributed by atoms with Crippen molar-refractivity contribution >= 4 is 16.7 Å². The average molecular weight is 201 g/mol. The SMILES string of the molecule is CS(=O)C1C2CCC(C2)C1C(N)=O. The van der Waals surface area contributed by atoms with Gasteiger partial charge in [0.05, 0.1) is 5.92 Å². The highest BCUT2D eigenvalue weighted by Crippen LogP contribution is 2.50. The molecule has 0 spiro atoms. The van der Waals surface area contributed by atoms with Crippen molar-refractivity contribution in [3.8, 4) is 0 Å². The van der Waals surface area contributed by atoms with E-state index in [2.05, 4.69) is 0 Å². The van der Waals surface area contributed by atoms with Gasteiger partial charge in [-0.05, 0) is 31.1 Å². The third-order valence-corrected chi connectivity index (χ3v) is 5.00. The van der Waals surface area contributed by atoms with Gasteiger partial charge in [-0.15, -0.1) is 0 Å². The Labute approximate surface area is 80.5 Å². The van der Waals surface area contributed by atoms with Crippen LogP contribution in [0.15, 0.2) is 0 Å². The predicted molar refractivity (Wildman–Crippen MR) is 51.4 cm³/mol. The number of carbonyl (C=O) groups excluding carboxylic acids is 1. The molecule has 74 valence electrons. The topological polar surface area (TPSA) is 60.2 Å². The lowest BCUT2D eigenvalue weighted by atomic mass is 9.88. The lowest BCUT2D eigenvalue weighted by molar-refractivity contribution is -0.123. The van der Waals surface area contributed by atoms with Crippen LogP contribution in [0.25, 0.3) is 0 Å². The van der Waals surface area contributed by atoms with Crippen molar-refractivity contribution < 1.29 is 9.00 Å². The quantitative estimate of drug-likeness (QED) is 0.697. The largest absolute Gasteiger partial charge is 0.369 e. The minimum Gasteiger partial charge on any atom is -0.369 e. The fourth-order valence-corrected chi connectivity index (χ4v) is 4.67. The molecule has 5 atom stereocenters. The molecule has 0 aromatic carbocycles. The summed E-state index contributed by atoms with van der Waals surface area (Å²) in [6.45, 7) is 0. The molecule has 2 saturated carbocycles. The molecule has 2 aliphatic carbocycles. The standard InChI is InChI=1S/C9H15NO2S/c1-13(12)8-6-3-2-5(4-6)7(8)9(10)11/h5-8H,2-4H2,1H3,(H2,10,11). The first-order chi connectivity index (χ1) is 6.11. The molecule has 2 bridgehead atoms. The number of nitrogens with two attached hydrogens (primary N) is 1. The van der Waals surface area contributed by atoms with Crippen LogP contribution < -0.4 is 5.73 Å². The smallest absolute Gasteiger partial charge is 0.222 e. The van der Waals surface area contributed by atoms with Crippen LogP contribution in [0.3, 0.4) is 0 Å². The van der Waals surface area contributed by atoms with E-state index in [4.69, 9.17) is 5.73 Å². The van der Waals surface area contributed by atoms with Crippen molar-refractivity contribution in [2.75, 3.05) is 6.26 Å². The molecule has 3 nitrogen and oxygen atoms in total. The van der Waals surface area contributed by atoms with Crippen LogP contribution in [-0.4, -0.2) is 21.6 Å². The maximum absolute atomic E-state index is 11.5. The second-order valence-electron chi connectivity index (χ2n) is 4.22. The predicted octanol–water partition coefficient (Wildman–Crippen LogP) is 0.265. The first kappa shape index (κ1) is 9.19. The fraction of sp³-hybridized carbons (Fsp3) is 0.889. The molecule has 0 saturated heterocycles. The molecule has 0 aromatic rings. The second-order valence-corrected chi connectivity index (χ2v) is 5.77. The van der Waals surface area contributed by atoms with Crippen LogP contribution in [0.2, 0.25) is 0 Å². The maximum atomic E-state index is 11.5. The van der Waals surface area contributed by atoms with E-state index in [1.165, 1.54) is 0 Å². The first-order valence-corrected chi connectivity index (χ1v) is 6.35. The highest BCUT2D eigenvalue weighted by Gasteiger charge is 2.51. The van der Waals surface area contributed by atoms with E-state index in [-0.39, 0.29) is 17.1 Å². The zero-order chi connectivity index (χ0) is 9.59. The van der Waals surface area contributed by atoms with E-state index in [0.29, 0.717) is 11.8 Å². The fourth-order valence-electron chi connectivity index (χ4n) is 3.11. The Morgan fingerprint density at radius 1 is 1.38 bits per heavy atom. The molecule has 2 aliphatic rings. The Morgan fingerprint density at radius 3 is 2.46 bits per heavy atom. The van der Waals surface area contributed by atoms with Gasteiger partial charge < -0.3 is 5.73 Å². The lowest BCUT2D eigenvalue weighted by Gasteiger charge is -2.26. The number of amides is 1. The Bertz CT molecular complexity index is 240. The Balaban J connectivity index is 2.24. The van der Waals surface area contributed by atoms with Gasteiger partial charge in [-0.25, -0.2) is 0 Å². The van der Waals surface area contributed by atoms with E-state index in [9.17, 15) is 9.00 Å². The number of primary amides is 1. The van der Waals surface area contributed by atoms with E-state index in [0.717, 1.165) is 19.3 Å². The summed E-state index contributed by atoms with van der Waals surface area (Å²) in [4.78, 5) is 11.2. The number of hydrogen-bond donors (Lipinski definition) is 1. The van der Waals surface area contributed by atoms with Crippen LogP contribution in [0, 0.1) is 17.8 Å². The Hall–Kier alpha value is -0.380. The molecule has 13 heavy (non-hydrogen) atoms. The molecule has 4 heteroatoms. The summed E-state index contributed by atoms with van der Waals surface area (Å²) in [6.07, 6.45) is 5.00. The summed E-state index contributed by atoms with van der Waals surface area (Å²) >= 11 is 0. The van der Waals surface area contributed by atoms with Gasteiger partial charge in [0, 0.05) is 22.3 Å². The molecule has 2 fully saturated rings. The molecule has 1 amide bonds. The normalized spacial score (nSPS) is 45.0. The van der Waals surface area contributed by atoms with Crippen molar-refractivity contribution in [3.05, 3.63) is 0 Å². The highest BCUT2D eigenvalue weighted by molar-refractivity contribution is 7.85. The van der Waals surface area contributed by atoms with Crippen molar-refractivity contribution in [2.45, 2.75) is 24.5 Å². The highest BCUT2D eigenvalue weighted by atomic mass is 32.2. The van der Waals surface area contributed by atoms with E-state index in [1.54, 1.807) is 6.26 Å². The van der Waals surface area contributed by atoms with Gasteiger partial charge in [0.2, 0.25) is 5.91 Å². The van der Waals surface area contributed by atoms with Crippen LogP contribution in [-0.2, 0) is 15.6 Å². The lowest BCUT2D eigenvalue weighted by Crippen LogP contribution is -2.40. The maximum Gasteiger partial charge on any atom is 0.222 e. The summed E-state index contributed by atoms with van der Waals surface area (Å²) in [5.74, 6) is 0.571. The van der Waals surface area contributed by atoms with E-state index < -0.39 is 10.8 Å². The molecule has 5 unspecified atom stereocenters. The van der Waals surface area contributed by atoms with Gasteiger partial charge in [-0.2, -0.15) is 0 Å². The van der Waals surface area contributed by atoms with Crippen molar-refractivity contribution in [1.29, 1.82) is 0 Å². The van der Waals surface area contributed by atoms with Crippen molar-refractivity contribution in [1.82, 2.24) is 0 Å². The number of hydrogen-bond acceptors (Lipinski definition) is 2. The monoisotopic (exact) mass is 201 g/mol. The third-order valence-electron chi connectivity index (χ3n) is 3.55. The number of carbonyl (C=O) groups is 1. The zero-order valence-corrected chi connectivity index (χ0v) is 8.55. The van der Waals surface area contributed by atoms with Crippen molar-refractivity contribution in [3.63, 3.8) is 0 Å². The molecular formula is C9H15NO2S. The molecule has 2 N–H and O–H groups in total. The van der Waals surface area contributed by atoms with Crippen LogP contribution in [0.1, 0.15) is 19.3 Å². The molecule has 0 aliphatic heterocycles. The summed E-state index contributed by atoms with van der Waals surface area (Å²) in [7, 11) is -0.892. The Morgan fingerprint density at radius 2 is 2.00 bits per heavy atom. The molecule has 0 aromatic heterocycles. The molecule has 2 rings (SSSR count). The van der Waals surface area contributed by atoms with Crippen LogP contribution in [0.5, 0.6) is 0 Å². The van der Waals surface area contributed by atoms with Crippen LogP contribution >= 0.6 is 0 Å². The minimum absolute atomic E-state index is 0.0521. The van der Waals surface area contributed by atoms with Gasteiger partial charge in [0.15, 0.2) is 0 Å². The van der Waals surface area contributed by atoms with Crippen molar-refractivity contribution in [2.24, 2.45) is 23.5 Å². The number of rotatable bonds is 2. The minimum atomic E-state index is -0.892. The summed E-state index contributed by atoms with van der Waals surface area (Å²) in [6, 6.07) is 0.